The van der Waals surface area contributed by atoms with E-state index in [1.165, 1.54) is 14.2 Å². The van der Waals surface area contributed by atoms with Gasteiger partial charge in [0.25, 0.3) is 0 Å². The topological polar surface area (TPSA) is 162 Å². The van der Waals surface area contributed by atoms with E-state index in [1.807, 2.05) is 36.4 Å². The number of aryl methyl sites for hydroxylation is 1. The van der Waals surface area contributed by atoms with Gasteiger partial charge < -0.3 is 14.8 Å². The molecule has 2 aliphatic rings. The highest BCUT2D eigenvalue weighted by atomic mass is 35.5. The zero-order valence-corrected chi connectivity index (χ0v) is 30.8. The second kappa shape index (κ2) is 15.5. The van der Waals surface area contributed by atoms with Gasteiger partial charge in [-0.15, -0.1) is 0 Å². The fraction of sp³-hybridized carbons (Fsp3) is 0.412. The Morgan fingerprint density at radius 3 is 1.94 bits per heavy atom. The first-order valence-corrected chi connectivity index (χ1v) is 20.5. The summed E-state index contributed by atoms with van der Waals surface area (Å²) in [4.78, 5) is 18.6. The smallest absolute Gasteiger partial charge is 0.237 e. The van der Waals surface area contributed by atoms with Gasteiger partial charge in [0, 0.05) is 34.8 Å². The molecule has 4 heterocycles. The van der Waals surface area contributed by atoms with E-state index in [0.29, 0.717) is 106 Å². The lowest BCUT2D eigenvalue weighted by molar-refractivity contribution is 0.386. The average molecular weight is 762 g/mol. The molecule has 12 nitrogen and oxygen atoms in total. The molecule has 2 aromatic carbocycles. The number of methoxy groups -OCH3 is 2. The van der Waals surface area contributed by atoms with E-state index in [4.69, 9.17) is 42.6 Å². The third-order valence-electron chi connectivity index (χ3n) is 8.95. The largest absolute Gasteiger partial charge is 0.480 e. The number of hydrogen-bond donors (Lipinski definition) is 2. The molecule has 0 bridgehead atoms. The highest BCUT2D eigenvalue weighted by Gasteiger charge is 2.28. The van der Waals surface area contributed by atoms with Crippen molar-refractivity contribution in [1.82, 2.24) is 30.0 Å². The number of nitrogens with zero attached hydrogens (tertiary/aromatic N) is 4. The molecular formula is C34H38Cl2N6O6S2. The molecule has 2 aromatic heterocycles. The van der Waals surface area contributed by atoms with Crippen LogP contribution in [0.3, 0.4) is 0 Å². The average Bonchev–Trinajstić information content (AvgIpc) is 3.64. The minimum atomic E-state index is -3.15. The number of halogens is 2. The number of sulfone groups is 1. The van der Waals surface area contributed by atoms with Crippen LogP contribution in [-0.2, 0) is 32.8 Å². The Kier molecular flexibility index (Phi) is 11.3. The van der Waals surface area contributed by atoms with Crippen molar-refractivity contribution >= 4 is 43.1 Å². The Labute approximate surface area is 302 Å². The minimum absolute atomic E-state index is 0.0571. The number of ether oxygens (including phenoxy) is 2. The maximum atomic E-state index is 11.8. The number of sulfonamides is 1. The molecule has 0 amide bonds. The van der Waals surface area contributed by atoms with Gasteiger partial charge in [-0.1, -0.05) is 59.6 Å². The highest BCUT2D eigenvalue weighted by molar-refractivity contribution is 7.91. The zero-order chi connectivity index (χ0) is 35.5. The van der Waals surface area contributed by atoms with Gasteiger partial charge in [-0.25, -0.2) is 31.5 Å². The first kappa shape index (κ1) is 36.4. The Hall–Kier alpha value is -3.40. The van der Waals surface area contributed by atoms with Crippen LogP contribution in [0.2, 0.25) is 10.0 Å². The predicted molar refractivity (Wildman–Crippen MR) is 194 cm³/mol. The summed E-state index contributed by atoms with van der Waals surface area (Å²) >= 11 is 14.1. The number of nitrogens with one attached hydrogen (secondary N) is 2. The van der Waals surface area contributed by atoms with Crippen molar-refractivity contribution in [2.24, 2.45) is 5.92 Å². The predicted octanol–water partition coefficient (Wildman–Crippen LogP) is 5.13. The zero-order valence-electron chi connectivity index (χ0n) is 27.7. The van der Waals surface area contributed by atoms with E-state index in [1.54, 1.807) is 12.4 Å². The second-order valence-electron chi connectivity index (χ2n) is 12.5. The van der Waals surface area contributed by atoms with Crippen LogP contribution in [0, 0.1) is 5.92 Å². The van der Waals surface area contributed by atoms with Crippen molar-refractivity contribution in [2.75, 3.05) is 38.0 Å². The van der Waals surface area contributed by atoms with E-state index in [9.17, 15) is 16.8 Å². The summed E-state index contributed by atoms with van der Waals surface area (Å²) in [5.41, 5.74) is 5.00. The van der Waals surface area contributed by atoms with Crippen LogP contribution in [0.1, 0.15) is 37.1 Å². The van der Waals surface area contributed by atoms with Gasteiger partial charge in [0.1, 0.15) is 11.4 Å². The molecule has 50 heavy (non-hydrogen) atoms. The van der Waals surface area contributed by atoms with Gasteiger partial charge in [-0.3, -0.25) is 9.97 Å². The monoisotopic (exact) mass is 760 g/mol. The van der Waals surface area contributed by atoms with Gasteiger partial charge in [0.05, 0.1) is 65.3 Å². The second-order valence-corrected chi connectivity index (χ2v) is 17.3. The molecule has 6 rings (SSSR count). The van der Waals surface area contributed by atoms with E-state index in [-0.39, 0.29) is 29.2 Å². The van der Waals surface area contributed by atoms with E-state index < -0.39 is 19.9 Å². The van der Waals surface area contributed by atoms with E-state index in [0.717, 1.165) is 6.42 Å². The van der Waals surface area contributed by atoms with Crippen LogP contribution in [0.15, 0.2) is 48.8 Å². The lowest BCUT2D eigenvalue weighted by Crippen LogP contribution is -2.25. The van der Waals surface area contributed by atoms with Crippen molar-refractivity contribution < 1.29 is 26.3 Å². The van der Waals surface area contributed by atoms with Crippen LogP contribution in [0.5, 0.6) is 11.8 Å². The first-order valence-electron chi connectivity index (χ1n) is 16.3. The van der Waals surface area contributed by atoms with Crippen molar-refractivity contribution in [3.8, 4) is 45.4 Å². The number of benzene rings is 2. The number of hydrogen-bond acceptors (Lipinski definition) is 11. The summed E-state index contributed by atoms with van der Waals surface area (Å²) in [6, 6.07) is 11.1. The normalized spacial score (nSPS) is 19.4. The molecule has 0 radical (unpaired) electrons. The molecule has 4 aromatic rings. The van der Waals surface area contributed by atoms with Gasteiger partial charge in [0.2, 0.25) is 21.8 Å². The molecule has 2 aliphatic heterocycles. The highest BCUT2D eigenvalue weighted by Crippen LogP contribution is 2.42. The van der Waals surface area contributed by atoms with Gasteiger partial charge >= 0.3 is 0 Å². The Morgan fingerprint density at radius 2 is 1.40 bits per heavy atom. The molecule has 2 atom stereocenters. The fourth-order valence-electron chi connectivity index (χ4n) is 6.37. The molecule has 0 aliphatic carbocycles. The molecule has 2 N–H and O–H groups in total. The summed E-state index contributed by atoms with van der Waals surface area (Å²) in [5.74, 6) is 1.41. The summed E-state index contributed by atoms with van der Waals surface area (Å²) in [5, 5.41) is 4.15. The van der Waals surface area contributed by atoms with Crippen LogP contribution in [0.4, 0.5) is 0 Å². The van der Waals surface area contributed by atoms with Crippen molar-refractivity contribution in [3.63, 3.8) is 0 Å². The van der Waals surface area contributed by atoms with Gasteiger partial charge in [-0.05, 0) is 44.6 Å². The molecule has 2 fully saturated rings. The summed E-state index contributed by atoms with van der Waals surface area (Å²) in [6.45, 7) is 0.943. The molecule has 16 heteroatoms. The minimum Gasteiger partial charge on any atom is -0.480 e. The van der Waals surface area contributed by atoms with E-state index >= 15 is 0 Å². The number of aromatic nitrogens is 4. The van der Waals surface area contributed by atoms with Crippen LogP contribution >= 0.6 is 23.2 Å². The SMILES string of the molecule is COc1nc(-c2cccc(-c3cccc(-c4cnc(CNCC5CCS(=O)(=O)C5)c(OC)n4)c3Cl)c2Cl)cnc1CCCC1CCS(=O)(=O)N1. The first-order chi connectivity index (χ1) is 24.0. The third-order valence-corrected chi connectivity index (χ3v) is 13.1. The summed E-state index contributed by atoms with van der Waals surface area (Å²) in [7, 11) is -3.02. The summed E-state index contributed by atoms with van der Waals surface area (Å²) < 4.78 is 60.8. The Balaban J connectivity index is 1.19. The van der Waals surface area contributed by atoms with Crippen LogP contribution in [-0.4, -0.2) is 80.8 Å². The third kappa shape index (κ3) is 8.38. The van der Waals surface area contributed by atoms with Crippen molar-refractivity contribution in [2.45, 2.75) is 44.7 Å². The van der Waals surface area contributed by atoms with E-state index in [2.05, 4.69) is 20.0 Å². The van der Waals surface area contributed by atoms with Crippen molar-refractivity contribution in [1.29, 1.82) is 0 Å². The van der Waals surface area contributed by atoms with Gasteiger partial charge in [0.15, 0.2) is 9.84 Å². The number of rotatable bonds is 13. The van der Waals surface area contributed by atoms with Crippen molar-refractivity contribution in [3.05, 3.63) is 70.2 Å². The Morgan fingerprint density at radius 1 is 0.820 bits per heavy atom. The fourth-order valence-corrected chi connectivity index (χ4v) is 10.3. The molecule has 266 valence electrons. The molecule has 0 spiro atoms. The maximum Gasteiger partial charge on any atom is 0.237 e. The quantitative estimate of drug-likeness (QED) is 0.186. The van der Waals surface area contributed by atoms with Crippen LogP contribution in [0.25, 0.3) is 33.6 Å². The molecule has 2 unspecified atom stereocenters. The Bertz CT molecular complexity index is 1950. The lowest BCUT2D eigenvalue weighted by atomic mass is 9.98. The molecule has 2 saturated heterocycles. The van der Waals surface area contributed by atoms with Gasteiger partial charge in [-0.2, -0.15) is 0 Å². The standard InChI is InChI=1S/C34H38Cl2N6O6S2/c1-47-33-27(11-3-6-22-13-15-50(45,46)42-22)38-18-28(40-33)25-9-4-7-23(31(25)35)24-8-5-10-26(32(24)36)29-19-39-30(34(41-29)48-2)17-37-16-21-12-14-49(43,44)20-21/h4-5,7-10,18-19,21-22,37,42H,3,6,11-17,20H2,1-2H3. The summed E-state index contributed by atoms with van der Waals surface area (Å²) in [6.07, 6.45) is 6.58. The molecule has 0 saturated carbocycles. The molecular weight excluding hydrogens is 723 g/mol. The maximum absolute atomic E-state index is 11.8. The van der Waals surface area contributed by atoms with Crippen LogP contribution < -0.4 is 19.5 Å². The lowest BCUT2D eigenvalue weighted by Gasteiger charge is -2.15.